The highest BCUT2D eigenvalue weighted by Gasteiger charge is 2.15. The number of carboxylic acids is 1. The Labute approximate surface area is 92.9 Å². The number of rotatable bonds is 4. The maximum Gasteiger partial charge on any atom is 0.339 e. The summed E-state index contributed by atoms with van der Waals surface area (Å²) in [5, 5.41) is 17.4. The van der Waals surface area contributed by atoms with Gasteiger partial charge in [-0.05, 0) is 6.07 Å². The molecular formula is C10H12N4O2. The van der Waals surface area contributed by atoms with Crippen molar-refractivity contribution >= 4 is 17.5 Å². The molecule has 1 heterocycles. The summed E-state index contributed by atoms with van der Waals surface area (Å²) in [6, 6.07) is 3.34. The van der Waals surface area contributed by atoms with E-state index in [0.717, 1.165) is 0 Å². The fourth-order valence-electron chi connectivity index (χ4n) is 1.26. The summed E-state index contributed by atoms with van der Waals surface area (Å²) < 4.78 is 0. The van der Waals surface area contributed by atoms with Crippen molar-refractivity contribution in [3.8, 4) is 6.07 Å². The molecule has 0 aliphatic heterocycles. The lowest BCUT2D eigenvalue weighted by molar-refractivity contribution is 0.0697. The Kier molecular flexibility index (Phi) is 3.67. The van der Waals surface area contributed by atoms with Crippen LogP contribution in [0.2, 0.25) is 0 Å². The largest absolute Gasteiger partial charge is 0.478 e. The average Bonchev–Trinajstić information content (AvgIpc) is 2.25. The Morgan fingerprint density at radius 2 is 2.44 bits per heavy atom. The highest BCUT2D eigenvalue weighted by atomic mass is 16.4. The molecule has 0 radical (unpaired) electrons. The smallest absolute Gasteiger partial charge is 0.339 e. The van der Waals surface area contributed by atoms with E-state index in [-0.39, 0.29) is 5.56 Å². The third-order valence-electron chi connectivity index (χ3n) is 2.04. The first-order valence-electron chi connectivity index (χ1n) is 4.63. The number of nitrogen functional groups attached to an aromatic ring is 1. The van der Waals surface area contributed by atoms with Gasteiger partial charge in [0.25, 0.3) is 0 Å². The highest BCUT2D eigenvalue weighted by molar-refractivity contribution is 5.94. The van der Waals surface area contributed by atoms with Crippen LogP contribution >= 0.6 is 0 Å². The first-order valence-corrected chi connectivity index (χ1v) is 4.63. The minimum atomic E-state index is -1.08. The number of aromatic carboxylic acids is 1. The van der Waals surface area contributed by atoms with Crippen molar-refractivity contribution in [3.05, 3.63) is 17.8 Å². The van der Waals surface area contributed by atoms with Crippen LogP contribution in [0.5, 0.6) is 0 Å². The quantitative estimate of drug-likeness (QED) is 0.774. The number of hydrogen-bond acceptors (Lipinski definition) is 5. The zero-order chi connectivity index (χ0) is 12.1. The molecule has 6 nitrogen and oxygen atoms in total. The number of pyridine rings is 1. The predicted octanol–water partition coefficient (Wildman–Crippen LogP) is 0.712. The van der Waals surface area contributed by atoms with E-state index in [1.807, 2.05) is 6.07 Å². The molecular weight excluding hydrogens is 208 g/mol. The van der Waals surface area contributed by atoms with Gasteiger partial charge in [-0.2, -0.15) is 5.26 Å². The predicted molar refractivity (Wildman–Crippen MR) is 59.1 cm³/mol. The summed E-state index contributed by atoms with van der Waals surface area (Å²) in [7, 11) is 1.68. The van der Waals surface area contributed by atoms with Crippen LogP contribution in [-0.2, 0) is 0 Å². The molecule has 0 amide bonds. The molecule has 0 aliphatic rings. The molecule has 0 atom stereocenters. The van der Waals surface area contributed by atoms with Crippen molar-refractivity contribution in [3.63, 3.8) is 0 Å². The Balaban J connectivity index is 3.03. The van der Waals surface area contributed by atoms with Gasteiger partial charge in [0.2, 0.25) is 0 Å². The van der Waals surface area contributed by atoms with Crippen LogP contribution in [0.1, 0.15) is 16.8 Å². The number of carbonyl (C=O) groups is 1. The number of carboxylic acid groups (broad SMARTS) is 1. The molecule has 0 saturated heterocycles. The first kappa shape index (κ1) is 11.8. The average molecular weight is 220 g/mol. The van der Waals surface area contributed by atoms with E-state index < -0.39 is 5.97 Å². The highest BCUT2D eigenvalue weighted by Crippen LogP contribution is 2.18. The molecule has 0 unspecified atom stereocenters. The summed E-state index contributed by atoms with van der Waals surface area (Å²) in [6.07, 6.45) is 1.70. The van der Waals surface area contributed by atoms with Crippen molar-refractivity contribution in [1.82, 2.24) is 4.98 Å². The van der Waals surface area contributed by atoms with E-state index in [1.165, 1.54) is 12.3 Å². The van der Waals surface area contributed by atoms with Crippen LogP contribution in [-0.4, -0.2) is 29.7 Å². The number of hydrogen-bond donors (Lipinski definition) is 2. The second kappa shape index (κ2) is 4.98. The standard InChI is InChI=1S/C10H12N4O2/c1-14(4-2-3-11)9-8(10(15)16)5-7(12)6-13-9/h5-6H,2,4,12H2,1H3,(H,15,16). The maximum atomic E-state index is 11.0. The minimum Gasteiger partial charge on any atom is -0.478 e. The van der Waals surface area contributed by atoms with Crippen molar-refractivity contribution in [2.24, 2.45) is 0 Å². The normalized spacial score (nSPS) is 9.50. The molecule has 0 aliphatic carbocycles. The van der Waals surface area contributed by atoms with E-state index in [9.17, 15) is 4.79 Å². The number of nitrogens with two attached hydrogens (primary N) is 1. The van der Waals surface area contributed by atoms with Gasteiger partial charge in [0.1, 0.15) is 11.4 Å². The molecule has 1 aromatic heterocycles. The molecule has 0 fully saturated rings. The Bertz CT molecular complexity index is 439. The molecule has 0 spiro atoms. The van der Waals surface area contributed by atoms with Gasteiger partial charge >= 0.3 is 5.97 Å². The molecule has 1 aromatic rings. The maximum absolute atomic E-state index is 11.0. The first-order chi connectivity index (χ1) is 7.56. The number of anilines is 2. The van der Waals surface area contributed by atoms with Crippen LogP contribution < -0.4 is 10.6 Å². The molecule has 84 valence electrons. The van der Waals surface area contributed by atoms with E-state index in [0.29, 0.717) is 24.5 Å². The van der Waals surface area contributed by atoms with Crippen molar-refractivity contribution in [2.75, 3.05) is 24.2 Å². The molecule has 1 rings (SSSR count). The summed E-state index contributed by atoms with van der Waals surface area (Å²) in [5.74, 6) is -0.768. The molecule has 0 aromatic carbocycles. The van der Waals surface area contributed by atoms with Crippen molar-refractivity contribution < 1.29 is 9.90 Å². The van der Waals surface area contributed by atoms with Crippen LogP contribution in [0.25, 0.3) is 0 Å². The second-order valence-corrected chi connectivity index (χ2v) is 3.27. The van der Waals surface area contributed by atoms with Gasteiger partial charge in [-0.25, -0.2) is 9.78 Å². The minimum absolute atomic E-state index is 0.0421. The Hall–Kier alpha value is -2.29. The zero-order valence-electron chi connectivity index (χ0n) is 8.84. The van der Waals surface area contributed by atoms with Crippen LogP contribution in [0.4, 0.5) is 11.5 Å². The monoisotopic (exact) mass is 220 g/mol. The molecule has 0 bridgehead atoms. The van der Waals surface area contributed by atoms with Gasteiger partial charge in [0, 0.05) is 13.6 Å². The van der Waals surface area contributed by atoms with Crippen molar-refractivity contribution in [1.29, 1.82) is 5.26 Å². The SMILES string of the molecule is CN(CCC#N)c1ncc(N)cc1C(=O)O. The van der Waals surface area contributed by atoms with E-state index in [4.69, 9.17) is 16.1 Å². The Morgan fingerprint density at radius 1 is 1.75 bits per heavy atom. The van der Waals surface area contributed by atoms with Gasteiger partial charge in [0.05, 0.1) is 24.4 Å². The van der Waals surface area contributed by atoms with Crippen LogP contribution in [0.3, 0.4) is 0 Å². The van der Waals surface area contributed by atoms with Crippen LogP contribution in [0, 0.1) is 11.3 Å². The van der Waals surface area contributed by atoms with E-state index in [1.54, 1.807) is 11.9 Å². The third kappa shape index (κ3) is 2.60. The Morgan fingerprint density at radius 3 is 3.00 bits per heavy atom. The topological polar surface area (TPSA) is 103 Å². The lowest BCUT2D eigenvalue weighted by Gasteiger charge is -2.18. The third-order valence-corrected chi connectivity index (χ3v) is 2.04. The molecule has 3 N–H and O–H groups in total. The fraction of sp³-hybridized carbons (Fsp3) is 0.300. The number of aromatic nitrogens is 1. The van der Waals surface area contributed by atoms with Gasteiger partial charge in [-0.1, -0.05) is 0 Å². The summed E-state index contributed by atoms with van der Waals surface area (Å²) in [5.41, 5.74) is 5.81. The molecule has 6 heteroatoms. The van der Waals surface area contributed by atoms with E-state index in [2.05, 4.69) is 4.98 Å². The number of nitriles is 1. The van der Waals surface area contributed by atoms with Gasteiger partial charge in [0.15, 0.2) is 0 Å². The summed E-state index contributed by atoms with van der Waals surface area (Å²) in [4.78, 5) is 16.5. The van der Waals surface area contributed by atoms with Gasteiger partial charge in [-0.3, -0.25) is 0 Å². The van der Waals surface area contributed by atoms with Crippen molar-refractivity contribution in [2.45, 2.75) is 6.42 Å². The molecule has 0 saturated carbocycles. The number of nitrogens with zero attached hydrogens (tertiary/aromatic N) is 3. The van der Waals surface area contributed by atoms with Gasteiger partial charge < -0.3 is 15.7 Å². The fourth-order valence-corrected chi connectivity index (χ4v) is 1.26. The lowest BCUT2D eigenvalue weighted by atomic mass is 10.2. The van der Waals surface area contributed by atoms with Crippen LogP contribution in [0.15, 0.2) is 12.3 Å². The van der Waals surface area contributed by atoms with Gasteiger partial charge in [-0.15, -0.1) is 0 Å². The second-order valence-electron chi connectivity index (χ2n) is 3.27. The summed E-state index contributed by atoms with van der Waals surface area (Å²) in [6.45, 7) is 0.424. The summed E-state index contributed by atoms with van der Waals surface area (Å²) >= 11 is 0. The lowest BCUT2D eigenvalue weighted by Crippen LogP contribution is -2.22. The molecule has 16 heavy (non-hydrogen) atoms. The zero-order valence-corrected chi connectivity index (χ0v) is 8.84. The van der Waals surface area contributed by atoms with E-state index >= 15 is 0 Å².